The van der Waals surface area contributed by atoms with Gasteiger partial charge in [-0.3, -0.25) is 4.79 Å². The molecule has 12 nitrogen and oxygen atoms in total. The number of benzene rings is 1. The highest BCUT2D eigenvalue weighted by Gasteiger charge is 2.48. The molecule has 1 aliphatic rings. The molecule has 0 N–H and O–H groups in total. The fourth-order valence-corrected chi connectivity index (χ4v) is 3.58. The quantitative estimate of drug-likeness (QED) is 0.495. The van der Waals surface area contributed by atoms with Crippen molar-refractivity contribution in [2.75, 3.05) is 0 Å². The summed E-state index contributed by atoms with van der Waals surface area (Å²) in [5.41, 5.74) is -0.926. The molecular weight excluding hydrogens is 412 g/mol. The van der Waals surface area contributed by atoms with Crippen LogP contribution in [0.15, 0.2) is 41.3 Å². The second kappa shape index (κ2) is 7.94. The van der Waals surface area contributed by atoms with E-state index >= 15 is 0 Å². The molecule has 162 valence electrons. The van der Waals surface area contributed by atoms with Crippen LogP contribution in [-0.2, 0) is 9.68 Å². The molecule has 0 saturated heterocycles. The lowest BCUT2D eigenvalue weighted by atomic mass is 9.85. The third kappa shape index (κ3) is 4.25. The molecule has 1 aromatic heterocycles. The number of pyridine rings is 1. The summed E-state index contributed by atoms with van der Waals surface area (Å²) >= 11 is 0. The Morgan fingerprint density at radius 1 is 1.23 bits per heavy atom. The first-order valence-electron chi connectivity index (χ1n) is 9.11. The van der Waals surface area contributed by atoms with Crippen LogP contribution >= 0.6 is 0 Å². The van der Waals surface area contributed by atoms with Gasteiger partial charge >= 0.3 is 0 Å². The van der Waals surface area contributed by atoms with Gasteiger partial charge in [-0.05, 0) is 50.6 Å². The summed E-state index contributed by atoms with van der Waals surface area (Å²) in [5.74, 6) is 0.346. The molecule has 3 atom stereocenters. The maximum absolute atomic E-state index is 12.9. The smallest absolute Gasteiger partial charge is 0.295 e. The van der Waals surface area contributed by atoms with Gasteiger partial charge in [0.05, 0.1) is 17.7 Å². The van der Waals surface area contributed by atoms with Crippen molar-refractivity contribution >= 4 is 0 Å². The number of rotatable bonds is 6. The van der Waals surface area contributed by atoms with Crippen LogP contribution < -0.4 is 10.3 Å². The minimum absolute atomic E-state index is 0.252. The molecule has 2 heterocycles. The van der Waals surface area contributed by atoms with Crippen LogP contribution in [0.3, 0.4) is 0 Å². The van der Waals surface area contributed by atoms with Crippen LogP contribution in [0.2, 0.25) is 0 Å². The number of hydrogen-bond donors (Lipinski definition) is 0. The summed E-state index contributed by atoms with van der Waals surface area (Å²) in [7, 11) is 0. The Morgan fingerprint density at radius 2 is 1.94 bits per heavy atom. The highest BCUT2D eigenvalue weighted by Crippen LogP contribution is 2.43. The number of aromatic nitrogens is 1. The normalized spacial score (nSPS) is 19.8. The predicted molar refractivity (Wildman–Crippen MR) is 103 cm³/mol. The highest BCUT2D eigenvalue weighted by atomic mass is 17.0. The summed E-state index contributed by atoms with van der Waals surface area (Å²) in [6.07, 6.45) is -0.880. The molecule has 0 spiro atoms. The van der Waals surface area contributed by atoms with E-state index in [0.717, 1.165) is 6.07 Å². The van der Waals surface area contributed by atoms with Crippen molar-refractivity contribution in [3.05, 3.63) is 83.8 Å². The first-order chi connectivity index (χ1) is 14.5. The molecule has 1 unspecified atom stereocenters. The van der Waals surface area contributed by atoms with Crippen molar-refractivity contribution in [3.63, 3.8) is 0 Å². The summed E-state index contributed by atoms with van der Waals surface area (Å²) in [4.78, 5) is 44.1. The Labute approximate surface area is 175 Å². The Hall–Kier alpha value is -4.14. The van der Waals surface area contributed by atoms with Crippen LogP contribution in [0.25, 0.3) is 0 Å². The number of fused-ring (bicyclic) bond motifs is 1. The van der Waals surface area contributed by atoms with E-state index in [1.54, 1.807) is 19.9 Å². The third-order valence-corrected chi connectivity index (χ3v) is 4.99. The molecule has 3 rings (SSSR count). The second-order valence-corrected chi connectivity index (χ2v) is 7.44. The number of hydrogen-bond acceptors (Lipinski definition) is 9. The van der Waals surface area contributed by atoms with Gasteiger partial charge in [0, 0.05) is 17.8 Å². The maximum Gasteiger partial charge on any atom is 0.295 e. The zero-order valence-corrected chi connectivity index (χ0v) is 16.8. The molecule has 31 heavy (non-hydrogen) atoms. The first-order valence-corrected chi connectivity index (χ1v) is 9.11. The third-order valence-electron chi connectivity index (χ3n) is 4.99. The molecule has 0 radical (unpaired) electrons. The largest absolute Gasteiger partial charge is 0.485 e. The summed E-state index contributed by atoms with van der Waals surface area (Å²) in [5, 5.41) is 29.1. The highest BCUT2D eigenvalue weighted by molar-refractivity contribution is 5.47. The monoisotopic (exact) mass is 430 g/mol. The molecule has 0 aliphatic carbocycles. The van der Waals surface area contributed by atoms with Crippen LogP contribution in [0.5, 0.6) is 5.75 Å². The van der Waals surface area contributed by atoms with Crippen molar-refractivity contribution in [3.8, 4) is 11.8 Å². The average Bonchev–Trinajstić information content (AvgIpc) is 2.67. The zero-order valence-electron chi connectivity index (χ0n) is 16.8. The summed E-state index contributed by atoms with van der Waals surface area (Å²) in [6.45, 7) is 4.58. The molecule has 0 amide bonds. The summed E-state index contributed by atoms with van der Waals surface area (Å²) < 4.78 is 7.09. The zero-order chi connectivity index (χ0) is 22.9. The molecular formula is C19H18N4O8. The fraction of sp³-hybridized carbons (Fsp3) is 0.368. The van der Waals surface area contributed by atoms with Crippen LogP contribution in [0, 0.1) is 31.6 Å². The van der Waals surface area contributed by atoms with Crippen molar-refractivity contribution in [1.29, 1.82) is 5.26 Å². The first kappa shape index (κ1) is 21.6. The van der Waals surface area contributed by atoms with Gasteiger partial charge in [0.2, 0.25) is 0 Å². The SMILES string of the molecule is CC(O[N+](=O)[O-])c1ccn([C@@H]2c3cc(C#N)ccc3OC(C)(C)[C@H]2O[N+](=O)[O-])c(=O)c1. The number of nitriles is 1. The standard InChI is InChI=1S/C19H18N4O8/c1-11(30-22(25)26)13-6-7-21(16(24)9-13)17-14-8-12(10-20)4-5-15(14)29-19(2,3)18(17)31-23(27)28/h4-9,11,17-18H,1-3H3/t11?,17-,18+/m1/s1. The lowest BCUT2D eigenvalue weighted by Gasteiger charge is -2.43. The molecule has 1 aromatic carbocycles. The average molecular weight is 430 g/mol. The van der Waals surface area contributed by atoms with E-state index in [9.17, 15) is 30.3 Å². The minimum Gasteiger partial charge on any atom is -0.485 e. The van der Waals surface area contributed by atoms with E-state index in [0.29, 0.717) is 11.3 Å². The van der Waals surface area contributed by atoms with Gasteiger partial charge in [0.25, 0.3) is 15.7 Å². The Bertz CT molecular complexity index is 1140. The van der Waals surface area contributed by atoms with E-state index in [4.69, 9.17) is 9.57 Å². The topological polar surface area (TPSA) is 160 Å². The lowest BCUT2D eigenvalue weighted by Crippen LogP contribution is -2.54. The van der Waals surface area contributed by atoms with E-state index in [1.165, 1.54) is 35.9 Å². The van der Waals surface area contributed by atoms with Crippen LogP contribution in [0.1, 0.15) is 49.6 Å². The summed E-state index contributed by atoms with van der Waals surface area (Å²) in [6, 6.07) is 8.12. The van der Waals surface area contributed by atoms with Gasteiger partial charge in [0.15, 0.2) is 6.10 Å². The second-order valence-electron chi connectivity index (χ2n) is 7.44. The van der Waals surface area contributed by atoms with Crippen molar-refractivity contribution in [2.24, 2.45) is 0 Å². The number of ether oxygens (including phenoxy) is 1. The van der Waals surface area contributed by atoms with Crippen molar-refractivity contribution in [2.45, 2.75) is 44.6 Å². The van der Waals surface area contributed by atoms with Crippen LogP contribution in [0.4, 0.5) is 0 Å². The predicted octanol–water partition coefficient (Wildman–Crippen LogP) is 2.33. The van der Waals surface area contributed by atoms with Gasteiger partial charge in [-0.15, -0.1) is 20.2 Å². The van der Waals surface area contributed by atoms with E-state index < -0.39 is 39.6 Å². The van der Waals surface area contributed by atoms with Crippen molar-refractivity contribution < 1.29 is 24.6 Å². The van der Waals surface area contributed by atoms with Crippen molar-refractivity contribution in [1.82, 2.24) is 4.57 Å². The van der Waals surface area contributed by atoms with Crippen LogP contribution in [-0.4, -0.2) is 26.4 Å². The minimum atomic E-state index is -1.24. The van der Waals surface area contributed by atoms with E-state index in [2.05, 4.69) is 4.84 Å². The molecule has 12 heteroatoms. The maximum atomic E-state index is 12.9. The lowest BCUT2D eigenvalue weighted by molar-refractivity contribution is -0.773. The molecule has 1 aliphatic heterocycles. The Morgan fingerprint density at radius 3 is 2.52 bits per heavy atom. The molecule has 0 saturated carbocycles. The van der Waals surface area contributed by atoms with Gasteiger partial charge in [-0.2, -0.15) is 5.26 Å². The Balaban J connectivity index is 2.18. The number of nitrogens with zero attached hydrogens (tertiary/aromatic N) is 4. The van der Waals surface area contributed by atoms with Gasteiger partial charge in [-0.25, -0.2) is 0 Å². The molecule has 2 aromatic rings. The van der Waals surface area contributed by atoms with E-state index in [-0.39, 0.29) is 11.1 Å². The fourth-order valence-electron chi connectivity index (χ4n) is 3.58. The Kier molecular flexibility index (Phi) is 5.52. The van der Waals surface area contributed by atoms with E-state index in [1.807, 2.05) is 6.07 Å². The molecule has 0 bridgehead atoms. The van der Waals surface area contributed by atoms with Gasteiger partial charge in [-0.1, -0.05) is 0 Å². The molecule has 0 fully saturated rings. The van der Waals surface area contributed by atoms with Gasteiger partial charge in [0.1, 0.15) is 17.5 Å². The van der Waals surface area contributed by atoms with Gasteiger partial charge < -0.3 is 19.0 Å².